The van der Waals surface area contributed by atoms with Gasteiger partial charge in [0.2, 0.25) is 0 Å². The predicted molar refractivity (Wildman–Crippen MR) is 117 cm³/mol. The van der Waals surface area contributed by atoms with Crippen LogP contribution in [0.25, 0.3) is 0 Å². The SMILES string of the molecule is CCN1CC2CCc3c(OC)ccc(OCCCc4cccc([N+](=O)[O-])c4)c3C2C1. The van der Waals surface area contributed by atoms with Crippen LogP contribution in [0.15, 0.2) is 36.4 Å². The van der Waals surface area contributed by atoms with Gasteiger partial charge in [-0.05, 0) is 55.8 Å². The summed E-state index contributed by atoms with van der Waals surface area (Å²) in [4.78, 5) is 13.2. The fourth-order valence-electron chi connectivity index (χ4n) is 5.06. The number of fused-ring (bicyclic) bond motifs is 3. The number of hydrogen-bond acceptors (Lipinski definition) is 5. The number of rotatable bonds is 8. The summed E-state index contributed by atoms with van der Waals surface area (Å²) in [6, 6.07) is 10.9. The molecule has 6 heteroatoms. The highest BCUT2D eigenvalue weighted by molar-refractivity contribution is 5.53. The molecule has 0 N–H and O–H groups in total. The van der Waals surface area contributed by atoms with Crippen LogP contribution in [-0.2, 0) is 12.8 Å². The lowest BCUT2D eigenvalue weighted by atomic mass is 9.76. The standard InChI is InChI=1S/C24H30N2O4/c1-3-25-15-18-9-10-20-22(29-2)11-12-23(24(20)21(18)16-25)30-13-5-7-17-6-4-8-19(14-17)26(27)28/h4,6,8,11-12,14,18,21H,3,5,7,9-10,13,15-16H2,1-2H3. The van der Waals surface area contributed by atoms with Gasteiger partial charge in [-0.25, -0.2) is 0 Å². The van der Waals surface area contributed by atoms with E-state index in [-0.39, 0.29) is 10.6 Å². The second kappa shape index (κ2) is 9.04. The van der Waals surface area contributed by atoms with Gasteiger partial charge in [-0.2, -0.15) is 0 Å². The third kappa shape index (κ3) is 4.15. The van der Waals surface area contributed by atoms with Crippen LogP contribution in [0.2, 0.25) is 0 Å². The number of ether oxygens (including phenoxy) is 2. The Labute approximate surface area is 177 Å². The maximum Gasteiger partial charge on any atom is 0.269 e. The first-order chi connectivity index (χ1) is 14.6. The van der Waals surface area contributed by atoms with E-state index in [1.54, 1.807) is 19.2 Å². The van der Waals surface area contributed by atoms with Crippen molar-refractivity contribution in [1.29, 1.82) is 0 Å². The van der Waals surface area contributed by atoms with E-state index in [4.69, 9.17) is 9.47 Å². The second-order valence-corrected chi connectivity index (χ2v) is 8.29. The molecule has 6 nitrogen and oxygen atoms in total. The van der Waals surface area contributed by atoms with Crippen molar-refractivity contribution in [2.24, 2.45) is 5.92 Å². The minimum atomic E-state index is -0.346. The number of nitro groups is 1. The predicted octanol–water partition coefficient (Wildman–Crippen LogP) is 4.60. The Morgan fingerprint density at radius 3 is 2.80 bits per heavy atom. The number of likely N-dealkylation sites (tertiary alicyclic amines) is 1. The highest BCUT2D eigenvalue weighted by atomic mass is 16.6. The molecule has 160 valence electrons. The van der Waals surface area contributed by atoms with E-state index in [9.17, 15) is 10.1 Å². The summed E-state index contributed by atoms with van der Waals surface area (Å²) in [7, 11) is 1.74. The Kier molecular flexibility index (Phi) is 6.23. The molecular weight excluding hydrogens is 380 g/mol. The van der Waals surface area contributed by atoms with Crippen LogP contribution in [0.4, 0.5) is 5.69 Å². The Bertz CT molecular complexity index is 914. The summed E-state index contributed by atoms with van der Waals surface area (Å²) in [5, 5.41) is 11.0. The van der Waals surface area contributed by atoms with Gasteiger partial charge in [-0.15, -0.1) is 0 Å². The second-order valence-electron chi connectivity index (χ2n) is 8.29. The maximum atomic E-state index is 11.0. The van der Waals surface area contributed by atoms with Crippen molar-refractivity contribution in [1.82, 2.24) is 4.90 Å². The summed E-state index contributed by atoms with van der Waals surface area (Å²) in [5.74, 6) is 3.16. The number of benzene rings is 2. The minimum absolute atomic E-state index is 0.144. The zero-order valence-electron chi connectivity index (χ0n) is 17.8. The zero-order valence-corrected chi connectivity index (χ0v) is 17.8. The molecule has 2 aromatic rings. The van der Waals surface area contributed by atoms with Gasteiger partial charge >= 0.3 is 0 Å². The first kappa shape index (κ1) is 20.7. The van der Waals surface area contributed by atoms with Crippen LogP contribution in [0.5, 0.6) is 11.5 Å². The molecule has 1 aliphatic carbocycles. The van der Waals surface area contributed by atoms with Gasteiger partial charge in [0.1, 0.15) is 11.5 Å². The van der Waals surface area contributed by atoms with Crippen LogP contribution in [0, 0.1) is 16.0 Å². The van der Waals surface area contributed by atoms with E-state index in [2.05, 4.69) is 17.9 Å². The maximum absolute atomic E-state index is 11.0. The smallest absolute Gasteiger partial charge is 0.269 e. The van der Waals surface area contributed by atoms with Crippen molar-refractivity contribution >= 4 is 5.69 Å². The zero-order chi connectivity index (χ0) is 21.1. The molecule has 1 fully saturated rings. The molecule has 2 unspecified atom stereocenters. The molecule has 2 atom stereocenters. The van der Waals surface area contributed by atoms with E-state index >= 15 is 0 Å². The van der Waals surface area contributed by atoms with Crippen LogP contribution in [0.3, 0.4) is 0 Å². The van der Waals surface area contributed by atoms with E-state index < -0.39 is 0 Å². The number of hydrogen-bond donors (Lipinski definition) is 0. The molecule has 2 aliphatic rings. The van der Waals surface area contributed by atoms with Crippen LogP contribution >= 0.6 is 0 Å². The fraction of sp³-hybridized carbons (Fsp3) is 0.500. The monoisotopic (exact) mass is 410 g/mol. The average molecular weight is 411 g/mol. The molecule has 0 saturated carbocycles. The van der Waals surface area contributed by atoms with Crippen molar-refractivity contribution in [3.05, 3.63) is 63.2 Å². The summed E-state index contributed by atoms with van der Waals surface area (Å²) < 4.78 is 11.9. The fourth-order valence-corrected chi connectivity index (χ4v) is 5.06. The van der Waals surface area contributed by atoms with Crippen molar-refractivity contribution in [3.8, 4) is 11.5 Å². The highest BCUT2D eigenvalue weighted by Gasteiger charge is 2.39. The molecule has 0 amide bonds. The molecule has 0 bridgehead atoms. The summed E-state index contributed by atoms with van der Waals surface area (Å²) >= 11 is 0. The van der Waals surface area contributed by atoms with E-state index in [0.29, 0.717) is 18.4 Å². The lowest BCUT2D eigenvalue weighted by molar-refractivity contribution is -0.384. The Morgan fingerprint density at radius 2 is 2.03 bits per heavy atom. The Hall–Kier alpha value is -2.60. The van der Waals surface area contributed by atoms with E-state index in [1.165, 1.54) is 30.2 Å². The van der Waals surface area contributed by atoms with Gasteiger partial charge in [0.05, 0.1) is 18.6 Å². The molecule has 30 heavy (non-hydrogen) atoms. The molecule has 0 aromatic heterocycles. The van der Waals surface area contributed by atoms with Gasteiger partial charge in [0.15, 0.2) is 0 Å². The number of nitrogens with zero attached hydrogens (tertiary/aromatic N) is 2. The van der Waals surface area contributed by atoms with Crippen molar-refractivity contribution in [3.63, 3.8) is 0 Å². The highest BCUT2D eigenvalue weighted by Crippen LogP contribution is 2.48. The summed E-state index contributed by atoms with van der Waals surface area (Å²) in [5.41, 5.74) is 3.77. The van der Waals surface area contributed by atoms with E-state index in [1.807, 2.05) is 12.1 Å². The first-order valence-corrected chi connectivity index (χ1v) is 10.9. The van der Waals surface area contributed by atoms with Gasteiger partial charge in [0, 0.05) is 42.3 Å². The topological polar surface area (TPSA) is 64.8 Å². The third-order valence-corrected chi connectivity index (χ3v) is 6.58. The van der Waals surface area contributed by atoms with E-state index in [0.717, 1.165) is 49.4 Å². The van der Waals surface area contributed by atoms with Crippen LogP contribution in [-0.4, -0.2) is 43.2 Å². The van der Waals surface area contributed by atoms with Gasteiger partial charge in [0.25, 0.3) is 5.69 Å². The van der Waals surface area contributed by atoms with Gasteiger partial charge < -0.3 is 14.4 Å². The summed E-state index contributed by atoms with van der Waals surface area (Å²) in [6.07, 6.45) is 3.83. The van der Waals surface area contributed by atoms with Crippen molar-refractivity contribution in [2.45, 2.75) is 38.5 Å². The molecule has 0 spiro atoms. The lowest BCUT2D eigenvalue weighted by Gasteiger charge is -2.30. The van der Waals surface area contributed by atoms with Crippen LogP contribution < -0.4 is 9.47 Å². The van der Waals surface area contributed by atoms with Crippen molar-refractivity contribution < 1.29 is 14.4 Å². The number of methoxy groups -OCH3 is 1. The van der Waals surface area contributed by atoms with Gasteiger partial charge in [-0.3, -0.25) is 10.1 Å². The van der Waals surface area contributed by atoms with Gasteiger partial charge in [-0.1, -0.05) is 19.1 Å². The number of likely N-dealkylation sites (N-methyl/N-ethyl adjacent to an activating group) is 1. The third-order valence-electron chi connectivity index (χ3n) is 6.58. The Morgan fingerprint density at radius 1 is 1.20 bits per heavy atom. The molecule has 0 radical (unpaired) electrons. The lowest BCUT2D eigenvalue weighted by Crippen LogP contribution is -2.21. The van der Waals surface area contributed by atoms with Crippen LogP contribution in [0.1, 0.15) is 42.4 Å². The molecule has 1 aliphatic heterocycles. The molecule has 2 aromatic carbocycles. The largest absolute Gasteiger partial charge is 0.496 e. The first-order valence-electron chi connectivity index (χ1n) is 10.9. The molecule has 1 saturated heterocycles. The average Bonchev–Trinajstić information content (AvgIpc) is 3.20. The summed E-state index contributed by atoms with van der Waals surface area (Å²) in [6.45, 7) is 6.17. The Balaban J connectivity index is 1.46. The number of aryl methyl sites for hydroxylation is 1. The molecule has 1 heterocycles. The molecular formula is C24H30N2O4. The normalized spacial score (nSPS) is 20.5. The quantitative estimate of drug-likeness (QED) is 0.362. The number of non-ortho nitro benzene ring substituents is 1. The van der Waals surface area contributed by atoms with Crippen molar-refractivity contribution in [2.75, 3.05) is 33.4 Å². The number of nitro benzene ring substituents is 1. The minimum Gasteiger partial charge on any atom is -0.496 e. The molecule has 4 rings (SSSR count).